The molecule has 0 saturated heterocycles. The zero-order valence-electron chi connectivity index (χ0n) is 15.3. The van der Waals surface area contributed by atoms with E-state index in [1.165, 1.54) is 12.8 Å². The van der Waals surface area contributed by atoms with Crippen LogP contribution in [0.3, 0.4) is 0 Å². The number of benzene rings is 2. The highest BCUT2D eigenvalue weighted by Crippen LogP contribution is 2.40. The van der Waals surface area contributed by atoms with E-state index in [1.54, 1.807) is 17.8 Å². The van der Waals surface area contributed by atoms with Crippen molar-refractivity contribution in [2.45, 2.75) is 36.2 Å². The Morgan fingerprint density at radius 3 is 2.89 bits per heavy atom. The number of nitrogens with zero attached hydrogens (tertiary/aromatic N) is 3. The van der Waals surface area contributed by atoms with Crippen LogP contribution in [0.2, 0.25) is 0 Å². The van der Waals surface area contributed by atoms with Crippen molar-refractivity contribution >= 4 is 33.5 Å². The Morgan fingerprint density at radius 1 is 1.21 bits per heavy atom. The molecule has 1 aliphatic rings. The van der Waals surface area contributed by atoms with Crippen LogP contribution in [0.15, 0.2) is 69.5 Å². The molecule has 4 aromatic rings. The molecule has 1 aliphatic carbocycles. The summed E-state index contributed by atoms with van der Waals surface area (Å²) in [4.78, 5) is 12.1. The van der Waals surface area contributed by atoms with Crippen LogP contribution in [0.4, 0.5) is 0 Å². The number of fused-ring (bicyclic) bond motifs is 3. The molecule has 28 heavy (non-hydrogen) atoms. The summed E-state index contributed by atoms with van der Waals surface area (Å²) in [5.74, 6) is 2.19. The lowest BCUT2D eigenvalue weighted by Crippen LogP contribution is -2.04. The maximum atomic E-state index is 12.1. The smallest absolute Gasteiger partial charge is 0.336 e. The standard InChI is InChI=1S/C22H19N3O2S/c1-2-11-25-21(15-7-8-15)23-24-22(25)28-13-16-12-19(26)27-18-10-9-14-5-3-4-6-17(14)20(16)18/h2-6,9-10,12,15H,1,7-8,11,13H2. The summed E-state index contributed by atoms with van der Waals surface area (Å²) in [5, 5.41) is 12.9. The lowest BCUT2D eigenvalue weighted by Gasteiger charge is -2.10. The van der Waals surface area contributed by atoms with Gasteiger partial charge in [-0.05, 0) is 35.2 Å². The van der Waals surface area contributed by atoms with Crippen molar-refractivity contribution in [3.63, 3.8) is 0 Å². The van der Waals surface area contributed by atoms with Gasteiger partial charge in [0.25, 0.3) is 0 Å². The van der Waals surface area contributed by atoms with Crippen LogP contribution >= 0.6 is 11.8 Å². The minimum absolute atomic E-state index is 0.329. The Balaban J connectivity index is 1.56. The van der Waals surface area contributed by atoms with E-state index in [1.807, 2.05) is 30.3 Å². The Hall–Kier alpha value is -2.86. The molecule has 6 heteroatoms. The van der Waals surface area contributed by atoms with Crippen LogP contribution in [-0.4, -0.2) is 14.8 Å². The first kappa shape index (κ1) is 17.3. The summed E-state index contributed by atoms with van der Waals surface area (Å²) in [7, 11) is 0. The van der Waals surface area contributed by atoms with Crippen molar-refractivity contribution in [3.05, 3.63) is 76.9 Å². The molecule has 0 unspecified atom stereocenters. The molecule has 5 nitrogen and oxygen atoms in total. The van der Waals surface area contributed by atoms with Gasteiger partial charge in [0.15, 0.2) is 5.16 Å². The van der Waals surface area contributed by atoms with E-state index in [0.717, 1.165) is 32.7 Å². The summed E-state index contributed by atoms with van der Waals surface area (Å²) in [6.07, 6.45) is 4.23. The monoisotopic (exact) mass is 389 g/mol. The highest BCUT2D eigenvalue weighted by Gasteiger charge is 2.30. The molecule has 1 saturated carbocycles. The second kappa shape index (κ2) is 6.95. The van der Waals surface area contributed by atoms with E-state index in [9.17, 15) is 4.79 Å². The SMILES string of the molecule is C=CCn1c(SCc2cc(=O)oc3ccc4ccccc4c23)nnc1C1CC1. The molecule has 2 heterocycles. The van der Waals surface area contributed by atoms with Gasteiger partial charge in [-0.1, -0.05) is 48.2 Å². The average Bonchev–Trinajstić information content (AvgIpc) is 3.47. The molecular weight excluding hydrogens is 370 g/mol. The third kappa shape index (κ3) is 3.03. The molecule has 2 aromatic heterocycles. The number of thioether (sulfide) groups is 1. The number of rotatable bonds is 6. The van der Waals surface area contributed by atoms with Gasteiger partial charge in [0.2, 0.25) is 0 Å². The summed E-state index contributed by atoms with van der Waals surface area (Å²) < 4.78 is 7.60. The first-order valence-electron chi connectivity index (χ1n) is 9.36. The maximum absolute atomic E-state index is 12.1. The third-order valence-corrected chi connectivity index (χ3v) is 6.09. The lowest BCUT2D eigenvalue weighted by atomic mass is 10.0. The second-order valence-electron chi connectivity index (χ2n) is 7.05. The Morgan fingerprint density at radius 2 is 2.07 bits per heavy atom. The summed E-state index contributed by atoms with van der Waals surface area (Å²) >= 11 is 1.60. The van der Waals surface area contributed by atoms with E-state index in [4.69, 9.17) is 4.42 Å². The van der Waals surface area contributed by atoms with E-state index >= 15 is 0 Å². The maximum Gasteiger partial charge on any atom is 0.336 e. The number of hydrogen-bond donors (Lipinski definition) is 0. The van der Waals surface area contributed by atoms with Crippen molar-refractivity contribution < 1.29 is 4.42 Å². The van der Waals surface area contributed by atoms with Gasteiger partial charge in [-0.2, -0.15) is 0 Å². The highest BCUT2D eigenvalue weighted by molar-refractivity contribution is 7.98. The van der Waals surface area contributed by atoms with Crippen molar-refractivity contribution in [2.24, 2.45) is 0 Å². The van der Waals surface area contributed by atoms with Crippen LogP contribution in [0.1, 0.15) is 30.1 Å². The summed E-state index contributed by atoms with van der Waals surface area (Å²) in [5.41, 5.74) is 1.24. The van der Waals surface area contributed by atoms with Gasteiger partial charge < -0.3 is 8.98 Å². The minimum Gasteiger partial charge on any atom is -0.423 e. The predicted octanol–water partition coefficient (Wildman–Crippen LogP) is 4.89. The molecule has 5 rings (SSSR count). The van der Waals surface area contributed by atoms with E-state index in [-0.39, 0.29) is 5.63 Å². The fourth-order valence-electron chi connectivity index (χ4n) is 3.63. The highest BCUT2D eigenvalue weighted by atomic mass is 32.2. The van der Waals surface area contributed by atoms with Crippen LogP contribution < -0.4 is 5.63 Å². The minimum atomic E-state index is -0.329. The zero-order valence-corrected chi connectivity index (χ0v) is 16.1. The Kier molecular flexibility index (Phi) is 4.28. The molecule has 1 fully saturated rings. The van der Waals surface area contributed by atoms with Crippen molar-refractivity contribution in [1.82, 2.24) is 14.8 Å². The van der Waals surface area contributed by atoms with Gasteiger partial charge in [0.1, 0.15) is 11.4 Å². The number of allylic oxidation sites excluding steroid dienone is 1. The quantitative estimate of drug-likeness (QED) is 0.203. The lowest BCUT2D eigenvalue weighted by molar-refractivity contribution is 0.560. The molecule has 2 aromatic carbocycles. The second-order valence-corrected chi connectivity index (χ2v) is 8.00. The Bertz CT molecular complexity index is 1250. The normalized spacial score (nSPS) is 14.0. The van der Waals surface area contributed by atoms with Crippen LogP contribution in [0.5, 0.6) is 0 Å². The van der Waals surface area contributed by atoms with Gasteiger partial charge in [-0.15, -0.1) is 16.8 Å². The Labute approximate surface area is 166 Å². The van der Waals surface area contributed by atoms with Gasteiger partial charge >= 0.3 is 5.63 Å². The van der Waals surface area contributed by atoms with Crippen molar-refractivity contribution in [3.8, 4) is 0 Å². The molecule has 0 N–H and O–H groups in total. The van der Waals surface area contributed by atoms with E-state index in [2.05, 4.69) is 33.5 Å². The van der Waals surface area contributed by atoms with E-state index < -0.39 is 0 Å². The van der Waals surface area contributed by atoms with Crippen molar-refractivity contribution in [2.75, 3.05) is 0 Å². The molecular formula is C22H19N3O2S. The number of aromatic nitrogens is 3. The van der Waals surface area contributed by atoms with Crippen LogP contribution in [-0.2, 0) is 12.3 Å². The molecule has 0 bridgehead atoms. The third-order valence-electron chi connectivity index (χ3n) is 5.07. The first-order valence-corrected chi connectivity index (χ1v) is 10.3. The summed E-state index contributed by atoms with van der Waals surface area (Å²) in [6.45, 7) is 4.56. The molecule has 0 spiro atoms. The molecule has 0 radical (unpaired) electrons. The van der Waals surface area contributed by atoms with Gasteiger partial charge in [-0.3, -0.25) is 0 Å². The van der Waals surface area contributed by atoms with Crippen molar-refractivity contribution in [1.29, 1.82) is 0 Å². The predicted molar refractivity (Wildman–Crippen MR) is 112 cm³/mol. The molecule has 140 valence electrons. The topological polar surface area (TPSA) is 60.9 Å². The van der Waals surface area contributed by atoms with Gasteiger partial charge in [-0.25, -0.2) is 4.79 Å². The van der Waals surface area contributed by atoms with Crippen LogP contribution in [0, 0.1) is 0 Å². The zero-order chi connectivity index (χ0) is 19.1. The number of hydrogen-bond acceptors (Lipinski definition) is 5. The van der Waals surface area contributed by atoms with Gasteiger partial charge in [0.05, 0.1) is 0 Å². The van der Waals surface area contributed by atoms with Gasteiger partial charge in [0, 0.05) is 29.7 Å². The van der Waals surface area contributed by atoms with E-state index in [0.29, 0.717) is 23.8 Å². The molecule has 0 amide bonds. The van der Waals surface area contributed by atoms with Crippen LogP contribution in [0.25, 0.3) is 21.7 Å². The average molecular weight is 389 g/mol. The summed E-state index contributed by atoms with van der Waals surface area (Å²) in [6, 6.07) is 13.6. The fourth-order valence-corrected chi connectivity index (χ4v) is 4.56. The molecule has 0 atom stereocenters. The largest absolute Gasteiger partial charge is 0.423 e. The first-order chi connectivity index (χ1) is 13.7. The molecule has 0 aliphatic heterocycles. The fraction of sp³-hybridized carbons (Fsp3) is 0.227.